The second kappa shape index (κ2) is 7.36. The van der Waals surface area contributed by atoms with E-state index in [1.165, 1.54) is 24.3 Å². The molecular weight excluding hydrogens is 385 g/mol. The monoisotopic (exact) mass is 409 g/mol. The Balaban J connectivity index is 1.24. The van der Waals surface area contributed by atoms with Gasteiger partial charge in [-0.25, -0.2) is 14.4 Å². The maximum Gasteiger partial charge on any atom is 0.223 e. The fourth-order valence-corrected chi connectivity index (χ4v) is 4.65. The number of amides is 1. The van der Waals surface area contributed by atoms with E-state index in [1.807, 2.05) is 12.3 Å². The first-order chi connectivity index (χ1) is 14.6. The minimum Gasteiger partial charge on any atom is -0.387 e. The standard InChI is InChI=1S/C22H24FN5O2/c23-15-3-1-14(2-4-15)18(29)11-25-21(30)17-6-10-28(12-22(17)7-8-22)20-16-5-9-24-19(16)26-13-27-20/h1-5,9,13,17-18,29H,6-8,10-12H2,(H,25,30)(H,24,26,27)/t17?,18-/m1/s1. The predicted molar refractivity (Wildman–Crippen MR) is 110 cm³/mol. The molecule has 1 spiro atoms. The van der Waals surface area contributed by atoms with Crippen LogP contribution in [0, 0.1) is 17.2 Å². The lowest BCUT2D eigenvalue weighted by Gasteiger charge is -2.39. The summed E-state index contributed by atoms with van der Waals surface area (Å²) in [6, 6.07) is 7.68. The SMILES string of the molecule is O=C(NC[C@@H](O)c1ccc(F)cc1)C1CCN(c2ncnc3[nH]ccc23)CC12CC2. The number of anilines is 1. The summed E-state index contributed by atoms with van der Waals surface area (Å²) in [4.78, 5) is 27.1. The van der Waals surface area contributed by atoms with Crippen LogP contribution in [0.3, 0.4) is 0 Å². The fraction of sp³-hybridized carbons (Fsp3) is 0.409. The van der Waals surface area contributed by atoms with Gasteiger partial charge >= 0.3 is 0 Å². The molecule has 1 saturated carbocycles. The smallest absolute Gasteiger partial charge is 0.223 e. The number of carbonyl (C=O) groups is 1. The number of benzene rings is 1. The van der Waals surface area contributed by atoms with E-state index in [1.54, 1.807) is 6.33 Å². The second-order valence-electron chi connectivity index (χ2n) is 8.37. The molecule has 2 fully saturated rings. The van der Waals surface area contributed by atoms with E-state index < -0.39 is 6.10 Å². The van der Waals surface area contributed by atoms with Crippen LogP contribution in [0.4, 0.5) is 10.2 Å². The van der Waals surface area contributed by atoms with Crippen molar-refractivity contribution in [2.24, 2.45) is 11.3 Å². The van der Waals surface area contributed by atoms with Crippen LogP contribution in [0.2, 0.25) is 0 Å². The summed E-state index contributed by atoms with van der Waals surface area (Å²) in [7, 11) is 0. The highest BCUT2D eigenvalue weighted by molar-refractivity contribution is 5.87. The minimum atomic E-state index is -0.854. The Morgan fingerprint density at radius 1 is 1.30 bits per heavy atom. The van der Waals surface area contributed by atoms with Gasteiger partial charge in [0.2, 0.25) is 5.91 Å². The van der Waals surface area contributed by atoms with Crippen molar-refractivity contribution in [1.82, 2.24) is 20.3 Å². The molecule has 1 amide bonds. The molecule has 2 aromatic heterocycles. The van der Waals surface area contributed by atoms with Gasteiger partial charge in [-0.3, -0.25) is 4.79 Å². The van der Waals surface area contributed by atoms with E-state index in [-0.39, 0.29) is 29.6 Å². The predicted octanol–water partition coefficient (Wildman–Crippen LogP) is 2.55. The van der Waals surface area contributed by atoms with Gasteiger partial charge in [-0.05, 0) is 48.4 Å². The summed E-state index contributed by atoms with van der Waals surface area (Å²) in [5.41, 5.74) is 1.38. The number of hydrogen-bond donors (Lipinski definition) is 3. The first-order valence-corrected chi connectivity index (χ1v) is 10.3. The third-order valence-corrected chi connectivity index (χ3v) is 6.50. The zero-order valence-corrected chi connectivity index (χ0v) is 16.5. The van der Waals surface area contributed by atoms with Crippen LogP contribution in [0.25, 0.3) is 11.0 Å². The van der Waals surface area contributed by atoms with Crippen molar-refractivity contribution in [1.29, 1.82) is 0 Å². The lowest BCUT2D eigenvalue weighted by molar-refractivity contribution is -0.128. The molecule has 2 aliphatic rings. The van der Waals surface area contributed by atoms with Crippen LogP contribution in [-0.4, -0.2) is 45.6 Å². The first-order valence-electron chi connectivity index (χ1n) is 10.3. The van der Waals surface area contributed by atoms with Crippen molar-refractivity contribution in [2.75, 3.05) is 24.5 Å². The summed E-state index contributed by atoms with van der Waals surface area (Å²) in [5, 5.41) is 14.2. The minimum absolute atomic E-state index is 0.0113. The lowest BCUT2D eigenvalue weighted by atomic mass is 9.81. The van der Waals surface area contributed by atoms with Gasteiger partial charge in [0.1, 0.15) is 23.6 Å². The quantitative estimate of drug-likeness (QED) is 0.602. The van der Waals surface area contributed by atoms with Crippen LogP contribution in [0.1, 0.15) is 30.9 Å². The van der Waals surface area contributed by atoms with Crippen molar-refractivity contribution in [3.63, 3.8) is 0 Å². The third-order valence-electron chi connectivity index (χ3n) is 6.50. The zero-order chi connectivity index (χ0) is 20.7. The summed E-state index contributed by atoms with van der Waals surface area (Å²) < 4.78 is 13.1. The van der Waals surface area contributed by atoms with E-state index in [4.69, 9.17) is 0 Å². The van der Waals surface area contributed by atoms with Crippen molar-refractivity contribution in [3.05, 3.63) is 54.2 Å². The van der Waals surface area contributed by atoms with Gasteiger partial charge in [-0.2, -0.15) is 0 Å². The van der Waals surface area contributed by atoms with E-state index in [0.29, 0.717) is 5.56 Å². The Labute approximate surface area is 173 Å². The number of nitrogens with one attached hydrogen (secondary N) is 2. The second-order valence-corrected chi connectivity index (χ2v) is 8.37. The van der Waals surface area contributed by atoms with E-state index in [9.17, 15) is 14.3 Å². The Bertz CT molecular complexity index is 1060. The molecule has 2 atom stereocenters. The zero-order valence-electron chi connectivity index (χ0n) is 16.5. The number of aromatic nitrogens is 3. The summed E-state index contributed by atoms with van der Waals surface area (Å²) in [6.45, 7) is 1.66. The van der Waals surface area contributed by atoms with Gasteiger partial charge in [0.15, 0.2) is 0 Å². The number of nitrogens with zero attached hydrogens (tertiary/aromatic N) is 3. The summed E-state index contributed by atoms with van der Waals surface area (Å²) >= 11 is 0. The van der Waals surface area contributed by atoms with E-state index in [2.05, 4.69) is 25.2 Å². The number of fused-ring (bicyclic) bond motifs is 1. The number of rotatable bonds is 5. The highest BCUT2D eigenvalue weighted by atomic mass is 19.1. The Hall–Kier alpha value is -3.00. The molecule has 1 unspecified atom stereocenters. The number of carbonyl (C=O) groups excluding carboxylic acids is 1. The molecule has 0 bridgehead atoms. The Morgan fingerprint density at radius 3 is 2.87 bits per heavy atom. The maximum absolute atomic E-state index is 13.1. The van der Waals surface area contributed by atoms with Gasteiger partial charge in [-0.1, -0.05) is 12.1 Å². The largest absolute Gasteiger partial charge is 0.387 e. The summed E-state index contributed by atoms with van der Waals surface area (Å²) in [5.74, 6) is 0.483. The molecule has 3 N–H and O–H groups in total. The molecule has 5 rings (SSSR count). The number of piperidine rings is 1. The normalized spacial score (nSPS) is 21.0. The highest BCUT2D eigenvalue weighted by Gasteiger charge is 2.55. The third kappa shape index (κ3) is 3.41. The molecule has 7 nitrogen and oxygen atoms in total. The lowest BCUT2D eigenvalue weighted by Crippen LogP contribution is -2.48. The van der Waals surface area contributed by atoms with Gasteiger partial charge < -0.3 is 20.3 Å². The molecule has 1 saturated heterocycles. The molecule has 156 valence electrons. The number of aliphatic hydroxyl groups is 1. The van der Waals surface area contributed by atoms with Crippen LogP contribution < -0.4 is 10.2 Å². The van der Waals surface area contributed by atoms with Crippen LogP contribution >= 0.6 is 0 Å². The molecule has 1 aromatic carbocycles. The molecule has 1 aliphatic carbocycles. The van der Waals surface area contributed by atoms with Gasteiger partial charge in [0, 0.05) is 31.7 Å². The molecule has 0 radical (unpaired) electrons. The Morgan fingerprint density at radius 2 is 2.10 bits per heavy atom. The number of H-pyrrole nitrogens is 1. The number of aliphatic hydroxyl groups excluding tert-OH is 1. The molecule has 3 heterocycles. The first kappa shape index (κ1) is 19.0. The van der Waals surface area contributed by atoms with E-state index in [0.717, 1.165) is 49.2 Å². The van der Waals surface area contributed by atoms with Crippen LogP contribution in [0.5, 0.6) is 0 Å². The van der Waals surface area contributed by atoms with Gasteiger partial charge in [0.25, 0.3) is 0 Å². The van der Waals surface area contributed by atoms with Crippen molar-refractivity contribution in [2.45, 2.75) is 25.4 Å². The van der Waals surface area contributed by atoms with Gasteiger partial charge in [-0.15, -0.1) is 0 Å². The van der Waals surface area contributed by atoms with Crippen LogP contribution in [0.15, 0.2) is 42.9 Å². The van der Waals surface area contributed by atoms with Gasteiger partial charge in [0.05, 0.1) is 11.5 Å². The maximum atomic E-state index is 13.1. The molecule has 8 heteroatoms. The number of aromatic amines is 1. The average Bonchev–Trinajstić information content (AvgIpc) is 3.33. The number of hydrogen-bond acceptors (Lipinski definition) is 5. The highest BCUT2D eigenvalue weighted by Crippen LogP contribution is 2.56. The van der Waals surface area contributed by atoms with Crippen molar-refractivity contribution < 1.29 is 14.3 Å². The van der Waals surface area contributed by atoms with Crippen molar-refractivity contribution >= 4 is 22.8 Å². The number of halogens is 1. The molecule has 30 heavy (non-hydrogen) atoms. The average molecular weight is 409 g/mol. The fourth-order valence-electron chi connectivity index (χ4n) is 4.65. The summed E-state index contributed by atoms with van der Waals surface area (Å²) in [6.07, 6.45) is 5.36. The van der Waals surface area contributed by atoms with Crippen molar-refractivity contribution in [3.8, 4) is 0 Å². The molecule has 1 aliphatic heterocycles. The topological polar surface area (TPSA) is 94.1 Å². The van der Waals surface area contributed by atoms with Crippen LogP contribution in [-0.2, 0) is 4.79 Å². The Kier molecular flexibility index (Phi) is 4.66. The molecular formula is C22H24FN5O2. The molecule has 3 aromatic rings. The van der Waals surface area contributed by atoms with E-state index >= 15 is 0 Å².